The van der Waals surface area contributed by atoms with Gasteiger partial charge in [0.1, 0.15) is 0 Å². The SMILES string of the molecule is CN(C)C(=O)Sc1nsc(OCC2CC=CCC2)n1. The van der Waals surface area contributed by atoms with Gasteiger partial charge in [0.05, 0.1) is 6.61 Å². The molecule has 1 aliphatic carbocycles. The van der Waals surface area contributed by atoms with E-state index < -0.39 is 0 Å². The van der Waals surface area contributed by atoms with Crippen LogP contribution in [0.2, 0.25) is 0 Å². The molecule has 1 aliphatic rings. The van der Waals surface area contributed by atoms with Gasteiger partial charge in [-0.1, -0.05) is 12.2 Å². The summed E-state index contributed by atoms with van der Waals surface area (Å²) in [4.78, 5) is 17.2. The number of ether oxygens (including phenoxy) is 1. The van der Waals surface area contributed by atoms with E-state index in [2.05, 4.69) is 21.5 Å². The molecule has 1 heterocycles. The Balaban J connectivity index is 1.80. The molecule has 104 valence electrons. The van der Waals surface area contributed by atoms with Crippen molar-refractivity contribution in [1.29, 1.82) is 0 Å². The van der Waals surface area contributed by atoms with Gasteiger partial charge in [-0.2, -0.15) is 9.36 Å². The molecule has 1 aromatic heterocycles. The average molecular weight is 299 g/mol. The Morgan fingerprint density at radius 1 is 1.58 bits per heavy atom. The molecule has 19 heavy (non-hydrogen) atoms. The standard InChI is InChI=1S/C12H17N3O2S2/c1-15(2)12(16)18-10-13-11(19-14-10)17-8-9-6-4-3-5-7-9/h3-4,9H,5-8H2,1-2H3. The fourth-order valence-corrected chi connectivity index (χ4v) is 2.89. The molecule has 1 amide bonds. The van der Waals surface area contributed by atoms with Crippen molar-refractivity contribution in [2.24, 2.45) is 5.92 Å². The number of hydrogen-bond acceptors (Lipinski definition) is 6. The maximum absolute atomic E-state index is 11.5. The van der Waals surface area contributed by atoms with Crippen LogP contribution in [0.15, 0.2) is 17.3 Å². The Morgan fingerprint density at radius 3 is 3.11 bits per heavy atom. The van der Waals surface area contributed by atoms with Crippen molar-refractivity contribution in [3.05, 3.63) is 12.2 Å². The van der Waals surface area contributed by atoms with Crippen molar-refractivity contribution in [3.63, 3.8) is 0 Å². The normalized spacial score (nSPS) is 18.3. The predicted octanol–water partition coefficient (Wildman–Crippen LogP) is 3.05. The first-order chi connectivity index (χ1) is 9.15. The van der Waals surface area contributed by atoms with Crippen LogP contribution in [0, 0.1) is 5.92 Å². The molecule has 1 unspecified atom stereocenters. The van der Waals surface area contributed by atoms with E-state index in [0.717, 1.165) is 31.0 Å². The van der Waals surface area contributed by atoms with Crippen LogP contribution >= 0.6 is 23.3 Å². The van der Waals surface area contributed by atoms with Crippen LogP contribution in [0.1, 0.15) is 19.3 Å². The molecule has 0 aromatic carbocycles. The lowest BCUT2D eigenvalue weighted by molar-refractivity contribution is 0.237. The maximum atomic E-state index is 11.5. The third kappa shape index (κ3) is 4.50. The quantitative estimate of drug-likeness (QED) is 0.632. The molecule has 0 saturated heterocycles. The van der Waals surface area contributed by atoms with Crippen molar-refractivity contribution >= 4 is 28.5 Å². The third-order valence-electron chi connectivity index (χ3n) is 2.75. The molecule has 0 N–H and O–H groups in total. The number of nitrogens with zero attached hydrogens (tertiary/aromatic N) is 3. The van der Waals surface area contributed by atoms with Gasteiger partial charge < -0.3 is 9.64 Å². The van der Waals surface area contributed by atoms with E-state index in [1.165, 1.54) is 16.4 Å². The molecule has 0 aliphatic heterocycles. The monoisotopic (exact) mass is 299 g/mol. The molecule has 1 aromatic rings. The summed E-state index contributed by atoms with van der Waals surface area (Å²) in [6.45, 7) is 0.672. The minimum Gasteiger partial charge on any atom is -0.469 e. The van der Waals surface area contributed by atoms with E-state index in [1.807, 2.05) is 0 Å². The van der Waals surface area contributed by atoms with Crippen molar-refractivity contribution < 1.29 is 9.53 Å². The van der Waals surface area contributed by atoms with Crippen LogP contribution in [0.3, 0.4) is 0 Å². The zero-order valence-corrected chi connectivity index (χ0v) is 12.7. The topological polar surface area (TPSA) is 55.3 Å². The second kappa shape index (κ2) is 6.91. The maximum Gasteiger partial charge on any atom is 0.293 e. The molecule has 0 spiro atoms. The highest BCUT2D eigenvalue weighted by Gasteiger charge is 2.15. The first kappa shape index (κ1) is 14.3. The van der Waals surface area contributed by atoms with Crippen LogP contribution in [-0.4, -0.2) is 40.2 Å². The van der Waals surface area contributed by atoms with Gasteiger partial charge in [0.15, 0.2) is 0 Å². The number of carbonyl (C=O) groups excluding carboxylic acids is 1. The van der Waals surface area contributed by atoms with E-state index in [4.69, 9.17) is 4.74 Å². The fraction of sp³-hybridized carbons (Fsp3) is 0.583. The molecule has 0 fully saturated rings. The fourth-order valence-electron chi connectivity index (χ4n) is 1.66. The van der Waals surface area contributed by atoms with E-state index in [1.54, 1.807) is 14.1 Å². The molecule has 5 nitrogen and oxygen atoms in total. The van der Waals surface area contributed by atoms with Gasteiger partial charge >= 0.3 is 0 Å². The molecule has 0 bridgehead atoms. The second-order valence-electron chi connectivity index (χ2n) is 4.57. The molecule has 0 radical (unpaired) electrons. The Labute approximate surface area is 121 Å². The Morgan fingerprint density at radius 2 is 2.42 bits per heavy atom. The molecular formula is C12H17N3O2S2. The number of carbonyl (C=O) groups is 1. The number of amides is 1. The highest BCUT2D eigenvalue weighted by Crippen LogP contribution is 2.25. The summed E-state index contributed by atoms with van der Waals surface area (Å²) in [6, 6.07) is 0. The van der Waals surface area contributed by atoms with Crippen LogP contribution in [-0.2, 0) is 0 Å². The summed E-state index contributed by atoms with van der Waals surface area (Å²) in [5.41, 5.74) is 0. The van der Waals surface area contributed by atoms with Crippen molar-refractivity contribution in [1.82, 2.24) is 14.3 Å². The van der Waals surface area contributed by atoms with E-state index >= 15 is 0 Å². The van der Waals surface area contributed by atoms with Crippen LogP contribution in [0.4, 0.5) is 4.79 Å². The van der Waals surface area contributed by atoms with Crippen LogP contribution in [0.25, 0.3) is 0 Å². The minimum atomic E-state index is -0.0817. The number of rotatable bonds is 4. The summed E-state index contributed by atoms with van der Waals surface area (Å²) < 4.78 is 9.75. The lowest BCUT2D eigenvalue weighted by Crippen LogP contribution is -2.16. The molecule has 2 rings (SSSR count). The van der Waals surface area contributed by atoms with Crippen molar-refractivity contribution in [2.45, 2.75) is 24.4 Å². The van der Waals surface area contributed by atoms with Gasteiger partial charge in [0, 0.05) is 37.4 Å². The average Bonchev–Trinajstić information content (AvgIpc) is 2.85. The minimum absolute atomic E-state index is 0.0817. The summed E-state index contributed by atoms with van der Waals surface area (Å²) in [6.07, 6.45) is 7.77. The summed E-state index contributed by atoms with van der Waals surface area (Å²) in [5, 5.41) is 0.924. The Hall–Kier alpha value is -1.08. The lowest BCUT2D eigenvalue weighted by Gasteiger charge is -2.16. The predicted molar refractivity (Wildman–Crippen MR) is 76.8 cm³/mol. The Kier molecular flexibility index (Phi) is 5.21. The summed E-state index contributed by atoms with van der Waals surface area (Å²) >= 11 is 2.22. The lowest BCUT2D eigenvalue weighted by atomic mass is 9.95. The number of allylic oxidation sites excluding steroid dienone is 2. The summed E-state index contributed by atoms with van der Waals surface area (Å²) in [5.74, 6) is 0.563. The van der Waals surface area contributed by atoms with E-state index in [9.17, 15) is 4.79 Å². The first-order valence-electron chi connectivity index (χ1n) is 6.16. The number of thioether (sulfide) groups is 1. The second-order valence-corrected chi connectivity index (χ2v) is 6.20. The van der Waals surface area contributed by atoms with Gasteiger partial charge in [0.25, 0.3) is 10.4 Å². The largest absolute Gasteiger partial charge is 0.469 e. The number of aromatic nitrogens is 2. The zero-order valence-electron chi connectivity index (χ0n) is 11.0. The molecule has 7 heteroatoms. The third-order valence-corrected chi connectivity index (χ3v) is 4.40. The van der Waals surface area contributed by atoms with Gasteiger partial charge in [-0.25, -0.2) is 0 Å². The smallest absolute Gasteiger partial charge is 0.293 e. The van der Waals surface area contributed by atoms with E-state index in [0.29, 0.717) is 22.9 Å². The van der Waals surface area contributed by atoms with Crippen molar-refractivity contribution in [3.8, 4) is 5.19 Å². The van der Waals surface area contributed by atoms with Crippen LogP contribution in [0.5, 0.6) is 5.19 Å². The van der Waals surface area contributed by atoms with Gasteiger partial charge in [0.2, 0.25) is 5.16 Å². The van der Waals surface area contributed by atoms with Gasteiger partial charge in [-0.15, -0.1) is 0 Å². The summed E-state index contributed by atoms with van der Waals surface area (Å²) in [7, 11) is 3.41. The highest BCUT2D eigenvalue weighted by atomic mass is 32.2. The molecule has 1 atom stereocenters. The molecular weight excluding hydrogens is 282 g/mol. The highest BCUT2D eigenvalue weighted by molar-refractivity contribution is 8.13. The van der Waals surface area contributed by atoms with Crippen molar-refractivity contribution in [2.75, 3.05) is 20.7 Å². The first-order valence-corrected chi connectivity index (χ1v) is 7.75. The number of hydrogen-bond donors (Lipinski definition) is 0. The van der Waals surface area contributed by atoms with E-state index in [-0.39, 0.29) is 5.24 Å². The Bertz CT molecular complexity index is 460. The molecule has 0 saturated carbocycles. The van der Waals surface area contributed by atoms with Gasteiger partial charge in [-0.3, -0.25) is 4.79 Å². The van der Waals surface area contributed by atoms with Gasteiger partial charge in [-0.05, 0) is 25.2 Å². The zero-order chi connectivity index (χ0) is 13.7. The van der Waals surface area contributed by atoms with Crippen LogP contribution < -0.4 is 4.74 Å².